The van der Waals surface area contributed by atoms with Crippen LogP contribution in [0.2, 0.25) is 0 Å². The van der Waals surface area contributed by atoms with E-state index in [-0.39, 0.29) is 11.9 Å². The fourth-order valence-electron chi connectivity index (χ4n) is 4.95. The molecule has 0 spiro atoms. The van der Waals surface area contributed by atoms with Crippen molar-refractivity contribution in [3.63, 3.8) is 0 Å². The SMILES string of the molecule is C#C.C#C.C1CCCCC1.CO[C@H](C)Cc1cc(C)cc(F)c1[C@H]1CC[NH2+]C1.O=CN1CCCCC1. The van der Waals surface area contributed by atoms with Crippen LogP contribution in [-0.4, -0.2) is 50.7 Å². The highest BCUT2D eigenvalue weighted by Gasteiger charge is 2.26. The number of amides is 1. The van der Waals surface area contributed by atoms with Crippen LogP contribution < -0.4 is 5.32 Å². The third-order valence-electron chi connectivity index (χ3n) is 6.89. The second-order valence-electron chi connectivity index (χ2n) is 9.69. The number of rotatable bonds is 5. The van der Waals surface area contributed by atoms with Gasteiger partial charge in [0.25, 0.3) is 0 Å². The Morgan fingerprint density at radius 2 is 1.56 bits per heavy atom. The number of piperidine rings is 1. The molecule has 2 saturated heterocycles. The smallest absolute Gasteiger partial charge is 0.209 e. The summed E-state index contributed by atoms with van der Waals surface area (Å²) in [6.45, 7) is 8.05. The molecule has 2 aliphatic heterocycles. The summed E-state index contributed by atoms with van der Waals surface area (Å²) >= 11 is 0. The lowest BCUT2D eigenvalue weighted by atomic mass is 9.89. The summed E-state index contributed by atoms with van der Waals surface area (Å²) in [5.41, 5.74) is 3.05. The van der Waals surface area contributed by atoms with E-state index in [9.17, 15) is 9.18 Å². The molecule has 2 N–H and O–H groups in total. The minimum Gasteiger partial charge on any atom is -0.381 e. The fourth-order valence-corrected chi connectivity index (χ4v) is 4.95. The molecule has 1 amide bonds. The molecule has 0 unspecified atom stereocenters. The van der Waals surface area contributed by atoms with Gasteiger partial charge in [-0.3, -0.25) is 4.79 Å². The monoisotopic (exact) mass is 501 g/mol. The number of terminal acetylenes is 2. The van der Waals surface area contributed by atoms with Gasteiger partial charge in [-0.05, 0) is 56.7 Å². The van der Waals surface area contributed by atoms with Crippen molar-refractivity contribution in [3.05, 3.63) is 34.6 Å². The van der Waals surface area contributed by atoms with Gasteiger partial charge in [0.15, 0.2) is 0 Å². The molecule has 1 aromatic rings. The van der Waals surface area contributed by atoms with Crippen molar-refractivity contribution in [3.8, 4) is 25.7 Å². The van der Waals surface area contributed by atoms with Crippen molar-refractivity contribution in [2.24, 2.45) is 0 Å². The molecule has 1 saturated carbocycles. The number of hydrogen-bond donors (Lipinski definition) is 1. The third kappa shape index (κ3) is 13.7. The number of hydrogen-bond acceptors (Lipinski definition) is 2. The second kappa shape index (κ2) is 21.9. The van der Waals surface area contributed by atoms with Gasteiger partial charge in [0, 0.05) is 38.1 Å². The molecular weight excluding hydrogens is 451 g/mol. The molecule has 3 fully saturated rings. The molecule has 1 aliphatic carbocycles. The molecular formula is C31H50FN2O2+. The van der Waals surface area contributed by atoms with E-state index in [1.807, 2.05) is 18.7 Å². The number of nitrogens with two attached hydrogens (primary N) is 1. The van der Waals surface area contributed by atoms with Crippen LogP contribution in [0.5, 0.6) is 0 Å². The minimum atomic E-state index is -0.0337. The van der Waals surface area contributed by atoms with Crippen LogP contribution in [0.25, 0.3) is 0 Å². The largest absolute Gasteiger partial charge is 0.381 e. The Balaban J connectivity index is 0.000000560. The lowest BCUT2D eigenvalue weighted by Gasteiger charge is -2.21. The first-order valence-electron chi connectivity index (χ1n) is 13.5. The van der Waals surface area contributed by atoms with Crippen molar-refractivity contribution in [2.75, 3.05) is 33.3 Å². The Labute approximate surface area is 220 Å². The Kier molecular flexibility index (Phi) is 20.5. The molecule has 1 aromatic carbocycles. The number of methoxy groups -OCH3 is 1. The van der Waals surface area contributed by atoms with Gasteiger partial charge in [0.1, 0.15) is 5.82 Å². The van der Waals surface area contributed by atoms with Gasteiger partial charge in [0.2, 0.25) is 6.41 Å². The minimum absolute atomic E-state index is 0.0337. The molecule has 5 heteroatoms. The van der Waals surface area contributed by atoms with E-state index < -0.39 is 0 Å². The molecule has 3 aliphatic rings. The fraction of sp³-hybridized carbons (Fsp3) is 0.645. The normalized spacial score (nSPS) is 19.3. The first kappa shape index (κ1) is 33.7. The summed E-state index contributed by atoms with van der Waals surface area (Å²) in [5.74, 6) is 0.332. The molecule has 2 atom stereocenters. The average Bonchev–Trinajstić information content (AvgIpc) is 3.47. The van der Waals surface area contributed by atoms with Crippen LogP contribution in [0.1, 0.15) is 93.7 Å². The number of carbonyl (C=O) groups excluding carboxylic acids is 1. The lowest BCUT2D eigenvalue weighted by molar-refractivity contribution is -0.636. The summed E-state index contributed by atoms with van der Waals surface area (Å²) < 4.78 is 19.6. The van der Waals surface area contributed by atoms with Crippen LogP contribution in [0, 0.1) is 38.4 Å². The Morgan fingerprint density at radius 1 is 1.03 bits per heavy atom. The molecule has 0 radical (unpaired) electrons. The summed E-state index contributed by atoms with van der Waals surface area (Å²) in [6.07, 6.45) is 31.6. The maximum atomic E-state index is 14.3. The van der Waals surface area contributed by atoms with Gasteiger partial charge in [-0.25, -0.2) is 4.39 Å². The zero-order chi connectivity index (χ0) is 27.2. The van der Waals surface area contributed by atoms with Crippen LogP contribution in [-0.2, 0) is 16.0 Å². The lowest BCUT2D eigenvalue weighted by Crippen LogP contribution is -2.81. The molecule has 4 rings (SSSR count). The first-order chi connectivity index (χ1) is 17.5. The van der Waals surface area contributed by atoms with E-state index in [0.717, 1.165) is 62.1 Å². The van der Waals surface area contributed by atoms with Gasteiger partial charge in [-0.2, -0.15) is 0 Å². The second-order valence-corrected chi connectivity index (χ2v) is 9.69. The predicted molar refractivity (Wildman–Crippen MR) is 149 cm³/mol. The molecule has 2 heterocycles. The molecule has 202 valence electrons. The number of carbonyl (C=O) groups is 1. The van der Waals surface area contributed by atoms with E-state index in [0.29, 0.717) is 5.92 Å². The van der Waals surface area contributed by atoms with E-state index in [1.54, 1.807) is 13.2 Å². The van der Waals surface area contributed by atoms with Crippen LogP contribution in [0.3, 0.4) is 0 Å². The highest BCUT2D eigenvalue weighted by molar-refractivity contribution is 5.46. The summed E-state index contributed by atoms with van der Waals surface area (Å²) in [6, 6.07) is 3.78. The Hall–Kier alpha value is -2.34. The van der Waals surface area contributed by atoms with Crippen LogP contribution >= 0.6 is 0 Å². The maximum Gasteiger partial charge on any atom is 0.209 e. The van der Waals surface area contributed by atoms with E-state index >= 15 is 0 Å². The molecule has 0 aromatic heterocycles. The number of nitrogens with zero attached hydrogens (tertiary/aromatic N) is 1. The number of likely N-dealkylation sites (tertiary alicyclic amines) is 1. The average molecular weight is 502 g/mol. The van der Waals surface area contributed by atoms with Crippen LogP contribution in [0.15, 0.2) is 12.1 Å². The van der Waals surface area contributed by atoms with Crippen molar-refractivity contribution in [1.82, 2.24) is 4.90 Å². The third-order valence-corrected chi connectivity index (χ3v) is 6.89. The summed E-state index contributed by atoms with van der Waals surface area (Å²) in [4.78, 5) is 11.9. The quantitative estimate of drug-likeness (QED) is 0.444. The van der Waals surface area contributed by atoms with Crippen molar-refractivity contribution < 1.29 is 19.2 Å². The van der Waals surface area contributed by atoms with Gasteiger partial charge in [-0.15, -0.1) is 25.7 Å². The van der Waals surface area contributed by atoms with Gasteiger partial charge >= 0.3 is 0 Å². The molecule has 0 bridgehead atoms. The number of ether oxygens (including phenoxy) is 1. The molecule has 36 heavy (non-hydrogen) atoms. The van der Waals surface area contributed by atoms with Crippen molar-refractivity contribution in [1.29, 1.82) is 0 Å². The summed E-state index contributed by atoms with van der Waals surface area (Å²) in [7, 11) is 1.71. The number of halogens is 1. The van der Waals surface area contributed by atoms with Gasteiger partial charge < -0.3 is 15.0 Å². The highest BCUT2D eigenvalue weighted by atomic mass is 19.1. The summed E-state index contributed by atoms with van der Waals surface area (Å²) in [5, 5.41) is 2.27. The van der Waals surface area contributed by atoms with Crippen molar-refractivity contribution in [2.45, 2.75) is 96.5 Å². The standard InChI is InChI=1S/C15H22FNO.C6H11NO.C6H12.2C2H2/c1-10-6-13(8-11(2)18-3)15(14(16)7-10)12-4-5-17-9-12;8-6-7-4-2-1-3-5-7;1-2-4-6-5-3-1;2*1-2/h6-7,11-12,17H,4-5,8-9H2,1-3H3;6H,1-5H2;1-6H2;2*1-2H/p+1/t11-,12+;;;;/m1..../s1. The van der Waals surface area contributed by atoms with Crippen molar-refractivity contribution >= 4 is 6.41 Å². The van der Waals surface area contributed by atoms with Gasteiger partial charge in [0.05, 0.1) is 19.2 Å². The van der Waals surface area contributed by atoms with E-state index in [1.165, 1.54) is 57.8 Å². The van der Waals surface area contributed by atoms with E-state index in [4.69, 9.17) is 4.74 Å². The number of aryl methyl sites for hydroxylation is 1. The Morgan fingerprint density at radius 3 is 1.97 bits per heavy atom. The van der Waals surface area contributed by atoms with E-state index in [2.05, 4.69) is 37.1 Å². The first-order valence-corrected chi connectivity index (χ1v) is 13.5. The number of quaternary nitrogens is 1. The Bertz CT molecular complexity index is 713. The topological polar surface area (TPSA) is 46.1 Å². The zero-order valence-corrected chi connectivity index (χ0v) is 23.0. The van der Waals surface area contributed by atoms with Gasteiger partial charge in [-0.1, -0.05) is 44.6 Å². The zero-order valence-electron chi connectivity index (χ0n) is 23.0. The number of benzene rings is 1. The predicted octanol–water partition coefficient (Wildman–Crippen LogP) is 5.23. The molecule has 4 nitrogen and oxygen atoms in total. The maximum absolute atomic E-state index is 14.3. The highest BCUT2D eigenvalue weighted by Crippen LogP contribution is 2.29. The van der Waals surface area contributed by atoms with Crippen LogP contribution in [0.4, 0.5) is 4.39 Å².